The number of ether oxygens (including phenoxy) is 1. The van der Waals surface area contributed by atoms with Crippen LogP contribution in [0.3, 0.4) is 0 Å². The molecule has 0 aliphatic heterocycles. The average Bonchev–Trinajstić information content (AvgIpc) is 2.75. The van der Waals surface area contributed by atoms with E-state index < -0.39 is 0 Å². The van der Waals surface area contributed by atoms with Gasteiger partial charge in [-0.1, -0.05) is 58.4 Å². The molecule has 1 unspecified atom stereocenters. The van der Waals surface area contributed by atoms with Gasteiger partial charge in [-0.25, -0.2) is 4.79 Å². The molecule has 148 valence electrons. The minimum Gasteiger partial charge on any atom is -0.507 e. The maximum absolute atomic E-state index is 11.8. The number of aromatic hydroxyl groups is 1. The molecular formula is C23H22BrN2O3+. The Morgan fingerprint density at radius 3 is 2.59 bits per heavy atom. The smallest absolute Gasteiger partial charge is 0.361 e. The third-order valence-corrected chi connectivity index (χ3v) is 5.00. The van der Waals surface area contributed by atoms with E-state index in [1.807, 2.05) is 59.9 Å². The molecule has 3 N–H and O–H groups in total. The summed E-state index contributed by atoms with van der Waals surface area (Å²) in [6.07, 6.45) is 1.64. The number of carbonyl (C=O) groups excluding carboxylic acids is 1. The van der Waals surface area contributed by atoms with Gasteiger partial charge in [0.1, 0.15) is 11.8 Å². The number of nitrogens with two attached hydrogens (primary N) is 1. The van der Waals surface area contributed by atoms with Crippen LogP contribution in [-0.4, -0.2) is 30.9 Å². The van der Waals surface area contributed by atoms with Crippen molar-refractivity contribution in [1.29, 1.82) is 0 Å². The highest BCUT2D eigenvalue weighted by molar-refractivity contribution is 9.10. The fourth-order valence-corrected chi connectivity index (χ4v) is 3.41. The maximum atomic E-state index is 11.8. The van der Waals surface area contributed by atoms with Crippen molar-refractivity contribution in [3.63, 3.8) is 0 Å². The molecule has 3 rings (SSSR count). The normalized spacial score (nSPS) is 12.1. The summed E-state index contributed by atoms with van der Waals surface area (Å²) in [5.41, 5.74) is 3.39. The minimum absolute atomic E-state index is 0.149. The first-order valence-electron chi connectivity index (χ1n) is 9.15. The van der Waals surface area contributed by atoms with Gasteiger partial charge < -0.3 is 15.2 Å². The predicted octanol–water partition coefficient (Wildman–Crippen LogP) is 3.73. The van der Waals surface area contributed by atoms with Crippen molar-refractivity contribution in [1.82, 2.24) is 0 Å². The molecule has 0 fully saturated rings. The molecule has 6 heteroatoms. The van der Waals surface area contributed by atoms with Crippen molar-refractivity contribution in [2.24, 2.45) is 4.99 Å². The Hall–Kier alpha value is -2.96. The lowest BCUT2D eigenvalue weighted by Crippen LogP contribution is -2.87. The Morgan fingerprint density at radius 1 is 1.14 bits per heavy atom. The van der Waals surface area contributed by atoms with E-state index in [1.165, 1.54) is 7.11 Å². The number of carbonyl (C=O) groups is 1. The first-order valence-corrected chi connectivity index (χ1v) is 9.94. The Balaban J connectivity index is 2.01. The zero-order valence-electron chi connectivity index (χ0n) is 16.0. The van der Waals surface area contributed by atoms with E-state index in [1.54, 1.807) is 24.4 Å². The molecule has 0 spiro atoms. The quantitative estimate of drug-likeness (QED) is 0.422. The molecule has 29 heavy (non-hydrogen) atoms. The second-order valence-corrected chi connectivity index (χ2v) is 7.34. The number of hydrogen-bond acceptors (Lipinski definition) is 4. The van der Waals surface area contributed by atoms with E-state index in [0.29, 0.717) is 5.56 Å². The molecule has 0 radical (unpaired) electrons. The topological polar surface area (TPSA) is 75.5 Å². The number of aliphatic imine (C=N–C) groups is 1. The van der Waals surface area contributed by atoms with Crippen LogP contribution < -0.4 is 5.32 Å². The number of para-hydroxylation sites is 1. The number of halogens is 1. The lowest BCUT2D eigenvalue weighted by molar-refractivity contribution is -0.677. The maximum Gasteiger partial charge on any atom is 0.361 e. The van der Waals surface area contributed by atoms with Crippen molar-refractivity contribution in [2.45, 2.75) is 6.04 Å². The van der Waals surface area contributed by atoms with E-state index in [-0.39, 0.29) is 24.3 Å². The minimum atomic E-state index is -0.291. The van der Waals surface area contributed by atoms with Crippen LogP contribution in [0, 0.1) is 0 Å². The number of benzene rings is 3. The van der Waals surface area contributed by atoms with Gasteiger partial charge >= 0.3 is 5.97 Å². The Labute approximate surface area is 178 Å². The largest absolute Gasteiger partial charge is 0.507 e. The Bertz CT molecular complexity index is 1010. The standard InChI is InChI=1S/C23H21BrN2O3/c1-29-22(28)15-26-23(16-7-3-2-4-8-16)19-13-18(24)11-12-20(19)25-14-17-9-5-6-10-21(17)27/h2-14,23,26-27H,15H2,1H3/p+1. The van der Waals surface area contributed by atoms with Crippen molar-refractivity contribution >= 4 is 33.8 Å². The Morgan fingerprint density at radius 2 is 1.86 bits per heavy atom. The Kier molecular flexibility index (Phi) is 7.16. The molecule has 3 aromatic rings. The molecule has 0 amide bonds. The number of phenols is 1. The first-order chi connectivity index (χ1) is 14.1. The van der Waals surface area contributed by atoms with E-state index in [0.717, 1.165) is 21.3 Å². The summed E-state index contributed by atoms with van der Waals surface area (Å²) in [5.74, 6) is -0.119. The molecular weight excluding hydrogens is 432 g/mol. The molecule has 3 aromatic carbocycles. The van der Waals surface area contributed by atoms with Gasteiger partial charge in [0.15, 0.2) is 6.54 Å². The monoisotopic (exact) mass is 453 g/mol. The van der Waals surface area contributed by atoms with Gasteiger partial charge in [0.25, 0.3) is 0 Å². The van der Waals surface area contributed by atoms with Crippen LogP contribution in [0.2, 0.25) is 0 Å². The van der Waals surface area contributed by atoms with Gasteiger partial charge in [-0.15, -0.1) is 0 Å². The zero-order valence-corrected chi connectivity index (χ0v) is 17.5. The summed E-state index contributed by atoms with van der Waals surface area (Å²) in [4.78, 5) is 16.4. The van der Waals surface area contributed by atoms with E-state index in [2.05, 4.69) is 20.9 Å². The van der Waals surface area contributed by atoms with E-state index >= 15 is 0 Å². The number of methoxy groups -OCH3 is 1. The molecule has 0 bridgehead atoms. The number of phenolic OH excluding ortho intramolecular Hbond substituents is 1. The van der Waals surface area contributed by atoms with Crippen molar-refractivity contribution < 1.29 is 20.0 Å². The van der Waals surface area contributed by atoms with Crippen LogP contribution in [-0.2, 0) is 9.53 Å². The molecule has 0 aromatic heterocycles. The highest BCUT2D eigenvalue weighted by atomic mass is 79.9. The van der Waals surface area contributed by atoms with Crippen LogP contribution in [0.4, 0.5) is 5.69 Å². The van der Waals surface area contributed by atoms with E-state index in [4.69, 9.17) is 4.74 Å². The summed E-state index contributed by atoms with van der Waals surface area (Å²) in [6.45, 7) is 0.186. The molecule has 0 saturated heterocycles. The molecule has 0 heterocycles. The second kappa shape index (κ2) is 10.0. The van der Waals surface area contributed by atoms with Gasteiger partial charge in [0.05, 0.1) is 12.8 Å². The number of hydrogen-bond donors (Lipinski definition) is 2. The number of nitrogens with zero attached hydrogens (tertiary/aromatic N) is 1. The van der Waals surface area contributed by atoms with Crippen LogP contribution in [0.1, 0.15) is 22.7 Å². The first kappa shape index (κ1) is 20.8. The highest BCUT2D eigenvalue weighted by Gasteiger charge is 2.22. The zero-order chi connectivity index (χ0) is 20.6. The van der Waals surface area contributed by atoms with Gasteiger partial charge in [-0.2, -0.15) is 0 Å². The summed E-state index contributed by atoms with van der Waals surface area (Å²) in [7, 11) is 1.38. The number of quaternary nitrogens is 1. The van der Waals surface area contributed by atoms with Crippen LogP contribution >= 0.6 is 15.9 Å². The third kappa shape index (κ3) is 5.53. The van der Waals surface area contributed by atoms with Gasteiger partial charge in [-0.3, -0.25) is 4.99 Å². The average molecular weight is 454 g/mol. The molecule has 0 aliphatic rings. The summed E-state index contributed by atoms with van der Waals surface area (Å²) < 4.78 is 5.73. The third-order valence-electron chi connectivity index (χ3n) is 4.51. The summed E-state index contributed by atoms with van der Waals surface area (Å²) in [6, 6.07) is 22.7. The fraction of sp³-hybridized carbons (Fsp3) is 0.130. The number of rotatable bonds is 7. The van der Waals surface area contributed by atoms with Crippen LogP contribution in [0.15, 0.2) is 82.3 Å². The van der Waals surface area contributed by atoms with Crippen LogP contribution in [0.5, 0.6) is 5.75 Å². The van der Waals surface area contributed by atoms with Gasteiger partial charge in [0.2, 0.25) is 0 Å². The highest BCUT2D eigenvalue weighted by Crippen LogP contribution is 2.31. The SMILES string of the molecule is COC(=O)C[NH2+]C(c1ccccc1)c1cc(Br)ccc1N=Cc1ccccc1O. The molecule has 0 saturated carbocycles. The van der Waals surface area contributed by atoms with Gasteiger partial charge in [0, 0.05) is 27.4 Å². The van der Waals surface area contributed by atoms with Crippen LogP contribution in [0.25, 0.3) is 0 Å². The molecule has 5 nitrogen and oxygen atoms in total. The fourth-order valence-electron chi connectivity index (χ4n) is 3.03. The van der Waals surface area contributed by atoms with E-state index in [9.17, 15) is 9.90 Å². The predicted molar refractivity (Wildman–Crippen MR) is 117 cm³/mol. The second-order valence-electron chi connectivity index (χ2n) is 6.42. The molecule has 0 aliphatic carbocycles. The lowest BCUT2D eigenvalue weighted by Gasteiger charge is -2.18. The molecule has 1 atom stereocenters. The summed E-state index contributed by atoms with van der Waals surface area (Å²) >= 11 is 3.54. The lowest BCUT2D eigenvalue weighted by atomic mass is 9.97. The summed E-state index contributed by atoms with van der Waals surface area (Å²) in [5, 5.41) is 11.9. The van der Waals surface area contributed by atoms with Crippen molar-refractivity contribution in [3.05, 3.63) is 94.0 Å². The van der Waals surface area contributed by atoms with Crippen molar-refractivity contribution in [3.8, 4) is 5.75 Å². The van der Waals surface area contributed by atoms with Crippen molar-refractivity contribution in [2.75, 3.05) is 13.7 Å². The number of esters is 1. The van der Waals surface area contributed by atoms with Gasteiger partial charge in [-0.05, 0) is 30.3 Å².